The minimum Gasteiger partial charge on any atom is -0.387 e. The highest BCUT2D eigenvalue weighted by molar-refractivity contribution is 5.76. The molecule has 2 N–H and O–H groups in total. The summed E-state index contributed by atoms with van der Waals surface area (Å²) in [5, 5.41) is 11.1. The van der Waals surface area contributed by atoms with E-state index in [-0.39, 0.29) is 11.3 Å². The first-order chi connectivity index (χ1) is 13.9. The smallest absolute Gasteiger partial charge is 0.245 e. The molecule has 0 atom stereocenters. The van der Waals surface area contributed by atoms with Crippen LogP contribution in [0.5, 0.6) is 0 Å². The molecule has 1 aliphatic rings. The number of hydrogen-bond acceptors (Lipinski definition) is 6. The topological polar surface area (TPSA) is 74.3 Å². The van der Waals surface area contributed by atoms with Crippen molar-refractivity contribution in [2.75, 3.05) is 77.2 Å². The van der Waals surface area contributed by atoms with E-state index >= 15 is 0 Å². The maximum absolute atomic E-state index is 10.8. The lowest BCUT2D eigenvalue weighted by molar-refractivity contribution is -0.124. The van der Waals surface area contributed by atoms with Crippen LogP contribution in [0.1, 0.15) is 26.3 Å². The zero-order chi connectivity index (χ0) is 21.1. The fourth-order valence-electron chi connectivity index (χ4n) is 3.24. The molecule has 1 saturated heterocycles. The van der Waals surface area contributed by atoms with Crippen LogP contribution < -0.4 is 10.2 Å². The van der Waals surface area contributed by atoms with Crippen molar-refractivity contribution in [2.45, 2.75) is 26.2 Å². The first kappa shape index (κ1) is 23.6. The molecule has 1 aliphatic heterocycles. The summed E-state index contributed by atoms with van der Waals surface area (Å²) in [5.74, 6) is -0.383. The van der Waals surface area contributed by atoms with E-state index in [9.17, 15) is 4.79 Å². The molecule has 0 radical (unpaired) electrons. The lowest BCUT2D eigenvalue weighted by atomic mass is 9.87. The van der Waals surface area contributed by atoms with Crippen LogP contribution >= 0.6 is 0 Å². The number of nitrogens with one attached hydrogen (secondary N) is 1. The maximum Gasteiger partial charge on any atom is 0.245 e. The number of aliphatic hydroxyl groups excluding tert-OH is 1. The van der Waals surface area contributed by atoms with E-state index in [0.717, 1.165) is 32.7 Å². The highest BCUT2D eigenvalue weighted by atomic mass is 16.5. The summed E-state index contributed by atoms with van der Waals surface area (Å²) >= 11 is 0. The van der Waals surface area contributed by atoms with Crippen LogP contribution in [0.2, 0.25) is 0 Å². The summed E-state index contributed by atoms with van der Waals surface area (Å²) in [7, 11) is 0. The molecule has 1 aromatic carbocycles. The van der Waals surface area contributed by atoms with Crippen molar-refractivity contribution in [3.05, 3.63) is 29.8 Å². The number of hydrogen-bond donors (Lipinski definition) is 2. The summed E-state index contributed by atoms with van der Waals surface area (Å²) < 4.78 is 11.0. The zero-order valence-electron chi connectivity index (χ0n) is 18.2. The van der Waals surface area contributed by atoms with E-state index in [2.05, 4.69) is 60.2 Å². The number of carbonyl (C=O) groups is 1. The molecule has 1 fully saturated rings. The van der Waals surface area contributed by atoms with Crippen LogP contribution in [-0.4, -0.2) is 88.2 Å². The Kier molecular flexibility index (Phi) is 9.87. The van der Waals surface area contributed by atoms with Crippen LogP contribution in [0.25, 0.3) is 0 Å². The molecule has 0 saturated carbocycles. The molecule has 1 amide bonds. The van der Waals surface area contributed by atoms with Crippen LogP contribution in [0.4, 0.5) is 5.69 Å². The summed E-state index contributed by atoms with van der Waals surface area (Å²) in [5.41, 5.74) is 2.87. The number of carbonyl (C=O) groups excluding carboxylic acids is 1. The van der Waals surface area contributed by atoms with Gasteiger partial charge in [0.15, 0.2) is 0 Å². The Morgan fingerprint density at radius 1 is 1.00 bits per heavy atom. The van der Waals surface area contributed by atoms with Gasteiger partial charge in [0.25, 0.3) is 0 Å². The number of piperazine rings is 1. The summed E-state index contributed by atoms with van der Waals surface area (Å²) in [6.07, 6.45) is 0. The standard InChI is InChI=1S/C22H37N3O4/c1-22(2,3)19-4-6-20(7-5-19)25-11-9-24(10-12-25)13-15-29-17-16-28-14-8-23-21(27)18-26/h4-7,26H,8-18H2,1-3H3,(H,23,27). The maximum atomic E-state index is 10.8. The summed E-state index contributed by atoms with van der Waals surface area (Å²) in [6.45, 7) is 13.9. The fraction of sp³-hybridized carbons (Fsp3) is 0.682. The van der Waals surface area contributed by atoms with E-state index in [1.54, 1.807) is 0 Å². The van der Waals surface area contributed by atoms with Gasteiger partial charge in [0, 0.05) is 45.0 Å². The number of amides is 1. The lowest BCUT2D eigenvalue weighted by Crippen LogP contribution is -2.47. The van der Waals surface area contributed by atoms with Crippen LogP contribution in [0.15, 0.2) is 24.3 Å². The molecule has 164 valence electrons. The van der Waals surface area contributed by atoms with Gasteiger partial charge in [-0.1, -0.05) is 32.9 Å². The zero-order valence-corrected chi connectivity index (χ0v) is 18.2. The van der Waals surface area contributed by atoms with Gasteiger partial charge in [0.1, 0.15) is 6.61 Å². The van der Waals surface area contributed by atoms with Gasteiger partial charge in [-0.15, -0.1) is 0 Å². The molecule has 0 spiro atoms. The second kappa shape index (κ2) is 12.1. The van der Waals surface area contributed by atoms with Gasteiger partial charge in [0.2, 0.25) is 5.91 Å². The quantitative estimate of drug-likeness (QED) is 0.538. The minimum atomic E-state index is -0.485. The number of benzene rings is 1. The monoisotopic (exact) mass is 407 g/mol. The van der Waals surface area contributed by atoms with Crippen molar-refractivity contribution < 1.29 is 19.4 Å². The summed E-state index contributed by atoms with van der Waals surface area (Å²) in [6, 6.07) is 8.99. The number of rotatable bonds is 11. The molecule has 0 unspecified atom stereocenters. The highest BCUT2D eigenvalue weighted by Gasteiger charge is 2.18. The van der Waals surface area contributed by atoms with E-state index in [1.165, 1.54) is 11.3 Å². The Hall–Kier alpha value is -1.67. The Labute approximate surface area is 175 Å². The number of nitrogens with zero attached hydrogens (tertiary/aromatic N) is 2. The minimum absolute atomic E-state index is 0.193. The van der Waals surface area contributed by atoms with Crippen molar-refractivity contribution in [1.29, 1.82) is 0 Å². The predicted molar refractivity (Wildman–Crippen MR) is 116 cm³/mol. The van der Waals surface area contributed by atoms with Crippen molar-refractivity contribution in [3.63, 3.8) is 0 Å². The largest absolute Gasteiger partial charge is 0.387 e. The molecule has 0 bridgehead atoms. The molecule has 0 aromatic heterocycles. The number of ether oxygens (including phenoxy) is 2. The van der Waals surface area contributed by atoms with Crippen molar-refractivity contribution in [3.8, 4) is 0 Å². The first-order valence-electron chi connectivity index (χ1n) is 10.5. The van der Waals surface area contributed by atoms with Gasteiger partial charge in [-0.05, 0) is 23.1 Å². The van der Waals surface area contributed by atoms with Gasteiger partial charge in [0.05, 0.1) is 26.4 Å². The third-order valence-electron chi connectivity index (χ3n) is 5.11. The van der Waals surface area contributed by atoms with E-state index in [0.29, 0.717) is 33.0 Å². The molecule has 7 nitrogen and oxygen atoms in total. The fourth-order valence-corrected chi connectivity index (χ4v) is 3.24. The van der Waals surface area contributed by atoms with Gasteiger partial charge in [-0.2, -0.15) is 0 Å². The van der Waals surface area contributed by atoms with Crippen LogP contribution in [0, 0.1) is 0 Å². The molecular formula is C22H37N3O4. The average Bonchev–Trinajstić information content (AvgIpc) is 2.72. The first-order valence-corrected chi connectivity index (χ1v) is 10.5. The van der Waals surface area contributed by atoms with Crippen molar-refractivity contribution in [1.82, 2.24) is 10.2 Å². The molecule has 0 aliphatic carbocycles. The predicted octanol–water partition coefficient (Wildman–Crippen LogP) is 1.25. The Morgan fingerprint density at radius 2 is 1.62 bits per heavy atom. The number of anilines is 1. The SMILES string of the molecule is CC(C)(C)c1ccc(N2CCN(CCOCCOCCNC(=O)CO)CC2)cc1. The summed E-state index contributed by atoms with van der Waals surface area (Å²) in [4.78, 5) is 15.7. The Balaban J connectivity index is 1.52. The third-order valence-corrected chi connectivity index (χ3v) is 5.11. The molecule has 2 rings (SSSR count). The van der Waals surface area contributed by atoms with Crippen molar-refractivity contribution >= 4 is 11.6 Å². The average molecular weight is 408 g/mol. The lowest BCUT2D eigenvalue weighted by Gasteiger charge is -2.36. The second-order valence-corrected chi connectivity index (χ2v) is 8.36. The molecule has 1 heterocycles. The van der Waals surface area contributed by atoms with Gasteiger partial charge >= 0.3 is 0 Å². The van der Waals surface area contributed by atoms with Gasteiger partial charge < -0.3 is 24.8 Å². The molecule has 1 aromatic rings. The third kappa shape index (κ3) is 8.70. The number of aliphatic hydroxyl groups is 1. The Bertz CT molecular complexity index is 593. The van der Waals surface area contributed by atoms with E-state index in [1.807, 2.05) is 0 Å². The van der Waals surface area contributed by atoms with Gasteiger partial charge in [-0.3, -0.25) is 9.69 Å². The van der Waals surface area contributed by atoms with Crippen molar-refractivity contribution in [2.24, 2.45) is 0 Å². The molecule has 29 heavy (non-hydrogen) atoms. The highest BCUT2D eigenvalue weighted by Crippen LogP contribution is 2.25. The normalized spacial score (nSPS) is 15.5. The van der Waals surface area contributed by atoms with Crippen LogP contribution in [0.3, 0.4) is 0 Å². The second-order valence-electron chi connectivity index (χ2n) is 8.36. The molecule has 7 heteroatoms. The van der Waals surface area contributed by atoms with E-state index in [4.69, 9.17) is 14.6 Å². The van der Waals surface area contributed by atoms with Crippen LogP contribution in [-0.2, 0) is 19.7 Å². The van der Waals surface area contributed by atoms with E-state index < -0.39 is 6.61 Å². The molecular weight excluding hydrogens is 370 g/mol. The Morgan fingerprint density at radius 3 is 2.21 bits per heavy atom. The van der Waals surface area contributed by atoms with Gasteiger partial charge in [-0.25, -0.2) is 0 Å².